The summed E-state index contributed by atoms with van der Waals surface area (Å²) in [5.41, 5.74) is -0.210. The molecule has 3 aliphatic heterocycles. The highest BCUT2D eigenvalue weighted by molar-refractivity contribution is 5.90. The molecule has 9 rings (SSSR count). The lowest BCUT2D eigenvalue weighted by atomic mass is 9.51. The highest BCUT2D eigenvalue weighted by Crippen LogP contribution is 2.65. The Kier molecular flexibility index (Phi) is 15.9. The van der Waals surface area contributed by atoms with Crippen molar-refractivity contribution < 1.29 is 49.0 Å². The van der Waals surface area contributed by atoms with Gasteiger partial charge in [0.05, 0.1) is 18.8 Å². The van der Waals surface area contributed by atoms with Crippen molar-refractivity contribution in [3.05, 3.63) is 23.3 Å². The van der Waals surface area contributed by atoms with Gasteiger partial charge in [-0.15, -0.1) is 5.92 Å². The van der Waals surface area contributed by atoms with Crippen LogP contribution < -0.4 is 20.7 Å². The molecule has 0 bridgehead atoms. The molecule has 382 valence electrons. The van der Waals surface area contributed by atoms with Crippen molar-refractivity contribution in [2.45, 2.75) is 209 Å². The molecule has 12 unspecified atom stereocenters. The van der Waals surface area contributed by atoms with Gasteiger partial charge in [0.15, 0.2) is 11.5 Å². The van der Waals surface area contributed by atoms with Crippen molar-refractivity contribution >= 4 is 17.8 Å². The molecule has 1 aromatic carbocycles. The zero-order chi connectivity index (χ0) is 48.3. The molecule has 3 heterocycles. The number of aliphatic hydroxyl groups is 3. The summed E-state index contributed by atoms with van der Waals surface area (Å²) >= 11 is 0. The number of carbonyl (C=O) groups is 3. The molecule has 5 aliphatic carbocycles. The summed E-state index contributed by atoms with van der Waals surface area (Å²) in [6.45, 7) is 5.45. The molecule has 69 heavy (non-hydrogen) atoms. The minimum Gasteiger partial charge on any atom is -0.504 e. The number of rotatable bonds is 13. The SMILES string of the molecule is CC(=O)OC1CC(OC(=O)C23CCCCC2CCC(=O)N3)C2(CCNCC2)C2c3ccc(O)c4c3C(CC2C#CCC(CC(C)O)C1CCC(O)CNC1CCCCC1)C(C1(CO)CCCC1)CO4. The molecular weight excluding hydrogens is 875 g/mol. The second kappa shape index (κ2) is 21.7. The number of aliphatic hydroxyl groups excluding tert-OH is 3. The van der Waals surface area contributed by atoms with E-state index >= 15 is 4.79 Å². The average molecular weight is 958 g/mol. The number of amides is 1. The molecule has 1 aromatic rings. The number of hydrogen-bond donors (Lipinski definition) is 7. The minimum atomic E-state index is -1.16. The van der Waals surface area contributed by atoms with Gasteiger partial charge in [-0.2, -0.15) is 0 Å². The maximum absolute atomic E-state index is 15.6. The first-order valence-electron chi connectivity index (χ1n) is 27.4. The second-order valence-corrected chi connectivity index (χ2v) is 23.3. The number of nitrogens with one attached hydrogen (secondary N) is 3. The third-order valence-corrected chi connectivity index (χ3v) is 19.2. The van der Waals surface area contributed by atoms with Crippen LogP contribution in [0.5, 0.6) is 11.5 Å². The van der Waals surface area contributed by atoms with E-state index in [-0.39, 0.29) is 71.5 Å². The summed E-state index contributed by atoms with van der Waals surface area (Å²) in [6, 6.07) is 4.18. The van der Waals surface area contributed by atoms with Crippen molar-refractivity contribution in [2.75, 3.05) is 32.8 Å². The summed E-state index contributed by atoms with van der Waals surface area (Å²) in [6.07, 6.45) is 14.9. The van der Waals surface area contributed by atoms with E-state index in [0.717, 1.165) is 68.9 Å². The number of benzene rings is 1. The van der Waals surface area contributed by atoms with Gasteiger partial charge < -0.3 is 50.6 Å². The Bertz CT molecular complexity index is 2030. The monoisotopic (exact) mass is 958 g/mol. The van der Waals surface area contributed by atoms with Gasteiger partial charge in [-0.25, -0.2) is 4.79 Å². The lowest BCUT2D eigenvalue weighted by Gasteiger charge is -2.56. The lowest BCUT2D eigenvalue weighted by molar-refractivity contribution is -0.183. The van der Waals surface area contributed by atoms with Gasteiger partial charge in [-0.05, 0) is 133 Å². The van der Waals surface area contributed by atoms with E-state index in [9.17, 15) is 30.0 Å². The Balaban J connectivity index is 1.18. The van der Waals surface area contributed by atoms with Crippen molar-refractivity contribution in [2.24, 2.45) is 40.4 Å². The molecule has 0 aromatic heterocycles. The molecule has 3 saturated carbocycles. The van der Waals surface area contributed by atoms with Crippen LogP contribution in [-0.4, -0.2) is 107 Å². The number of esters is 2. The van der Waals surface area contributed by atoms with Crippen LogP contribution in [0.1, 0.15) is 184 Å². The zero-order valence-electron chi connectivity index (χ0n) is 41.6. The van der Waals surface area contributed by atoms with E-state index < -0.39 is 47.3 Å². The van der Waals surface area contributed by atoms with Gasteiger partial charge in [-0.1, -0.05) is 56.9 Å². The van der Waals surface area contributed by atoms with Crippen LogP contribution in [0.4, 0.5) is 0 Å². The molecule has 7 N–H and O–H groups in total. The summed E-state index contributed by atoms with van der Waals surface area (Å²) in [4.78, 5) is 42.5. The molecule has 12 atom stereocenters. The maximum Gasteiger partial charge on any atom is 0.332 e. The number of carbonyl (C=O) groups excluding carboxylic acids is 3. The van der Waals surface area contributed by atoms with E-state index in [1.807, 2.05) is 0 Å². The third kappa shape index (κ3) is 10.3. The van der Waals surface area contributed by atoms with E-state index in [1.54, 1.807) is 13.0 Å². The fourth-order valence-corrected chi connectivity index (χ4v) is 15.8. The molecule has 5 fully saturated rings. The molecular formula is C56H83N3O10. The van der Waals surface area contributed by atoms with Crippen LogP contribution in [0.25, 0.3) is 0 Å². The summed E-state index contributed by atoms with van der Waals surface area (Å²) < 4.78 is 20.5. The van der Waals surface area contributed by atoms with E-state index in [1.165, 1.54) is 26.2 Å². The Labute approximate surface area is 410 Å². The van der Waals surface area contributed by atoms with Crippen molar-refractivity contribution in [3.8, 4) is 23.3 Å². The van der Waals surface area contributed by atoms with Crippen LogP contribution in [0.15, 0.2) is 12.1 Å². The van der Waals surface area contributed by atoms with Crippen molar-refractivity contribution in [1.29, 1.82) is 0 Å². The smallest absolute Gasteiger partial charge is 0.332 e. The van der Waals surface area contributed by atoms with E-state index in [0.29, 0.717) is 102 Å². The number of piperidine rings is 2. The van der Waals surface area contributed by atoms with Crippen LogP contribution >= 0.6 is 0 Å². The molecule has 13 heteroatoms. The van der Waals surface area contributed by atoms with Crippen LogP contribution in [0.3, 0.4) is 0 Å². The Hall–Kier alpha value is -3.41. The molecule has 8 aliphatic rings. The highest BCUT2D eigenvalue weighted by atomic mass is 16.6. The van der Waals surface area contributed by atoms with Crippen LogP contribution in [0.2, 0.25) is 0 Å². The maximum atomic E-state index is 15.6. The number of hydrogen-bond acceptors (Lipinski definition) is 12. The summed E-state index contributed by atoms with van der Waals surface area (Å²) in [5.74, 6) is 6.06. The summed E-state index contributed by atoms with van der Waals surface area (Å²) in [5, 5.41) is 56.1. The van der Waals surface area contributed by atoms with Crippen molar-refractivity contribution in [1.82, 2.24) is 16.0 Å². The Morgan fingerprint density at radius 2 is 1.71 bits per heavy atom. The highest BCUT2D eigenvalue weighted by Gasteiger charge is 2.60. The standard InChI is InChI=1S/C56H83N3O10/c1-35(61)29-37-11-10-12-38-30-44-45(54(34-60)22-8-9-23-54)33-67-52-46(64)20-19-43(50(44)52)51(38)55(25-27-57-28-26-55)48(69-53(66)56-24-7-6-13-39(56)16-21-49(65)59-56)31-47(68-36(2)62)42(37)18-17-41(63)32-58-40-14-4-3-5-15-40/h19-20,35,37-42,44-45,47-48,51,57-58,60-61,63-64H,3-9,11,13-18,21-34H2,1-2H3,(H,59,65). The Morgan fingerprint density at radius 3 is 2.45 bits per heavy atom. The lowest BCUT2D eigenvalue weighted by Crippen LogP contribution is -2.65. The number of aromatic hydroxyl groups is 1. The van der Waals surface area contributed by atoms with Gasteiger partial charge in [0.1, 0.15) is 17.7 Å². The van der Waals surface area contributed by atoms with Gasteiger partial charge in [0.2, 0.25) is 5.91 Å². The second-order valence-electron chi connectivity index (χ2n) is 23.3. The molecule has 2 saturated heterocycles. The quantitative estimate of drug-likeness (QED) is 0.0788. The first kappa shape index (κ1) is 50.5. The third-order valence-electron chi connectivity index (χ3n) is 19.2. The van der Waals surface area contributed by atoms with Crippen molar-refractivity contribution in [3.63, 3.8) is 0 Å². The zero-order valence-corrected chi connectivity index (χ0v) is 41.6. The molecule has 0 radical (unpaired) electrons. The van der Waals surface area contributed by atoms with E-state index in [2.05, 4.69) is 33.9 Å². The fraction of sp³-hybridized carbons (Fsp3) is 0.804. The first-order chi connectivity index (χ1) is 33.4. The number of ether oxygens (including phenoxy) is 3. The van der Waals surface area contributed by atoms with Crippen LogP contribution in [0, 0.1) is 52.3 Å². The van der Waals surface area contributed by atoms with Gasteiger partial charge in [-0.3, -0.25) is 9.59 Å². The minimum absolute atomic E-state index is 0.00794. The molecule has 1 amide bonds. The number of phenolic OH excluding ortho intramolecular Hbond substituents is 1. The van der Waals surface area contributed by atoms with Crippen LogP contribution in [-0.2, 0) is 23.9 Å². The first-order valence-corrected chi connectivity index (χ1v) is 27.4. The summed E-state index contributed by atoms with van der Waals surface area (Å²) in [7, 11) is 0. The van der Waals surface area contributed by atoms with E-state index in [4.69, 9.17) is 14.2 Å². The van der Waals surface area contributed by atoms with Gasteiger partial charge in [0.25, 0.3) is 0 Å². The fourth-order valence-electron chi connectivity index (χ4n) is 15.8. The topological polar surface area (TPSA) is 196 Å². The molecule has 1 spiro atoms. The predicted octanol–water partition coefficient (Wildman–Crippen LogP) is 7.06. The number of phenols is 1. The number of fused-ring (bicyclic) bond motifs is 4. The van der Waals surface area contributed by atoms with Gasteiger partial charge in [0, 0.05) is 85.4 Å². The average Bonchev–Trinajstić information content (AvgIpc) is 3.84. The Morgan fingerprint density at radius 1 is 0.957 bits per heavy atom. The largest absolute Gasteiger partial charge is 0.504 e. The van der Waals surface area contributed by atoms with Gasteiger partial charge >= 0.3 is 11.9 Å². The molecule has 13 nitrogen and oxygen atoms in total. The predicted molar refractivity (Wildman–Crippen MR) is 261 cm³/mol. The normalized spacial score (nSPS) is 35.0.